The maximum absolute atomic E-state index is 3.56. The zero-order valence-electron chi connectivity index (χ0n) is 10.3. The average Bonchev–Trinajstić information content (AvgIpc) is 2.64. The Labute approximate surface area is 115 Å². The van der Waals surface area contributed by atoms with Crippen LogP contribution in [0.2, 0.25) is 0 Å². The Morgan fingerprint density at radius 1 is 1.18 bits per heavy atom. The van der Waals surface area contributed by atoms with Crippen LogP contribution in [0.1, 0.15) is 26.9 Å². The molecule has 1 unspecified atom stereocenters. The van der Waals surface area contributed by atoms with Gasteiger partial charge in [0.25, 0.3) is 0 Å². The van der Waals surface area contributed by atoms with E-state index < -0.39 is 0 Å². The fourth-order valence-corrected chi connectivity index (χ4v) is 3.65. The van der Waals surface area contributed by atoms with Crippen molar-refractivity contribution in [3.8, 4) is 0 Å². The molecule has 1 nitrogen and oxygen atoms in total. The normalized spacial score (nSPS) is 12.7. The van der Waals surface area contributed by atoms with Crippen LogP contribution in [-0.2, 0) is 0 Å². The summed E-state index contributed by atoms with van der Waals surface area (Å²) in [6.07, 6.45) is 0. The molecule has 0 bridgehead atoms. The van der Waals surface area contributed by atoms with Crippen molar-refractivity contribution < 1.29 is 0 Å². The molecule has 0 saturated carbocycles. The predicted molar refractivity (Wildman–Crippen MR) is 78.8 cm³/mol. The van der Waals surface area contributed by atoms with Crippen LogP contribution < -0.4 is 5.32 Å². The van der Waals surface area contributed by atoms with Gasteiger partial charge in [0.05, 0.1) is 6.04 Å². The lowest BCUT2D eigenvalue weighted by Crippen LogP contribution is -2.16. The van der Waals surface area contributed by atoms with Crippen molar-refractivity contribution >= 4 is 27.3 Å². The van der Waals surface area contributed by atoms with Crippen molar-refractivity contribution in [2.45, 2.75) is 19.9 Å². The molecule has 1 atom stereocenters. The molecule has 0 aliphatic carbocycles. The Kier molecular flexibility index (Phi) is 4.02. The highest BCUT2D eigenvalue weighted by Crippen LogP contribution is 2.30. The fraction of sp³-hybridized carbons (Fsp3) is 0.286. The van der Waals surface area contributed by atoms with Crippen LogP contribution in [0.4, 0.5) is 0 Å². The Balaban J connectivity index is 2.41. The molecule has 2 rings (SSSR count). The van der Waals surface area contributed by atoms with Crippen molar-refractivity contribution in [2.75, 3.05) is 7.05 Å². The molecule has 1 N–H and O–H groups in total. The van der Waals surface area contributed by atoms with Crippen molar-refractivity contribution in [3.63, 3.8) is 0 Å². The number of aryl methyl sites for hydroxylation is 2. The predicted octanol–water partition coefficient (Wildman–Crippen LogP) is 4.44. The number of hydrogen-bond acceptors (Lipinski definition) is 2. The summed E-state index contributed by atoms with van der Waals surface area (Å²) in [5.41, 5.74) is 2.59. The Morgan fingerprint density at radius 2 is 1.94 bits per heavy atom. The fourth-order valence-electron chi connectivity index (χ4n) is 2.01. The topological polar surface area (TPSA) is 12.0 Å². The SMILES string of the molecule is CNC(c1cc(C)cc(Br)c1)c1ccc(C)s1. The Morgan fingerprint density at radius 3 is 2.47 bits per heavy atom. The highest BCUT2D eigenvalue weighted by atomic mass is 79.9. The lowest BCUT2D eigenvalue weighted by molar-refractivity contribution is 0.703. The van der Waals surface area contributed by atoms with Gasteiger partial charge in [-0.1, -0.05) is 22.0 Å². The quantitative estimate of drug-likeness (QED) is 0.884. The second-order valence-corrected chi connectivity index (χ2v) is 6.47. The third-order valence-corrected chi connectivity index (χ3v) is 4.26. The summed E-state index contributed by atoms with van der Waals surface area (Å²) < 4.78 is 1.14. The highest BCUT2D eigenvalue weighted by molar-refractivity contribution is 9.10. The van der Waals surface area contributed by atoms with E-state index in [4.69, 9.17) is 0 Å². The highest BCUT2D eigenvalue weighted by Gasteiger charge is 2.14. The molecule has 0 aliphatic rings. The van der Waals surface area contributed by atoms with Crippen molar-refractivity contribution in [1.82, 2.24) is 5.32 Å². The van der Waals surface area contributed by atoms with Gasteiger partial charge in [0.15, 0.2) is 0 Å². The lowest BCUT2D eigenvalue weighted by Gasteiger charge is -2.16. The van der Waals surface area contributed by atoms with Gasteiger partial charge in [0, 0.05) is 14.2 Å². The first-order valence-electron chi connectivity index (χ1n) is 5.61. The second kappa shape index (κ2) is 5.34. The first-order valence-corrected chi connectivity index (χ1v) is 7.22. The summed E-state index contributed by atoms with van der Waals surface area (Å²) in [5, 5.41) is 3.39. The summed E-state index contributed by atoms with van der Waals surface area (Å²) in [4.78, 5) is 2.72. The molecule has 1 aromatic heterocycles. The van der Waals surface area contributed by atoms with E-state index in [0.29, 0.717) is 0 Å². The van der Waals surface area contributed by atoms with Crippen LogP contribution in [0.5, 0.6) is 0 Å². The maximum atomic E-state index is 3.56. The molecule has 17 heavy (non-hydrogen) atoms. The molecule has 0 radical (unpaired) electrons. The molecule has 1 aromatic carbocycles. The second-order valence-electron chi connectivity index (χ2n) is 4.23. The number of hydrogen-bond donors (Lipinski definition) is 1. The molecule has 0 aliphatic heterocycles. The van der Waals surface area contributed by atoms with Crippen molar-refractivity contribution in [2.24, 2.45) is 0 Å². The van der Waals surface area contributed by atoms with E-state index >= 15 is 0 Å². The molecule has 2 aromatic rings. The van der Waals surface area contributed by atoms with Gasteiger partial charge in [-0.15, -0.1) is 11.3 Å². The standard InChI is InChI=1S/C14H16BrNS/c1-9-6-11(8-12(15)7-9)14(16-3)13-5-4-10(2)17-13/h4-8,14,16H,1-3H3. The van der Waals surface area contributed by atoms with Crippen LogP contribution in [0.15, 0.2) is 34.8 Å². The smallest absolute Gasteiger partial charge is 0.0669 e. The third kappa shape index (κ3) is 2.97. The Bertz CT molecular complexity index is 498. The zero-order chi connectivity index (χ0) is 12.4. The minimum absolute atomic E-state index is 0.282. The van der Waals surface area contributed by atoms with Crippen LogP contribution in [-0.4, -0.2) is 7.05 Å². The molecular formula is C14H16BrNS. The zero-order valence-corrected chi connectivity index (χ0v) is 12.7. The summed E-state index contributed by atoms with van der Waals surface area (Å²) in [6.45, 7) is 4.27. The van der Waals surface area contributed by atoms with Crippen LogP contribution in [0, 0.1) is 13.8 Å². The van der Waals surface area contributed by atoms with Crippen LogP contribution in [0.25, 0.3) is 0 Å². The van der Waals surface area contributed by atoms with Crippen LogP contribution in [0.3, 0.4) is 0 Å². The number of rotatable bonds is 3. The van der Waals surface area contributed by atoms with E-state index in [-0.39, 0.29) is 6.04 Å². The first-order chi connectivity index (χ1) is 8.10. The van der Waals surface area contributed by atoms with Gasteiger partial charge < -0.3 is 5.32 Å². The molecule has 0 saturated heterocycles. The largest absolute Gasteiger partial charge is 0.309 e. The molecule has 0 amide bonds. The summed E-state index contributed by atoms with van der Waals surface area (Å²) in [6, 6.07) is 11.2. The van der Waals surface area contributed by atoms with E-state index in [9.17, 15) is 0 Å². The lowest BCUT2D eigenvalue weighted by atomic mass is 10.0. The minimum Gasteiger partial charge on any atom is -0.309 e. The molecule has 3 heteroatoms. The number of benzene rings is 1. The molecule has 90 valence electrons. The third-order valence-electron chi connectivity index (χ3n) is 2.73. The van der Waals surface area contributed by atoms with Gasteiger partial charge in [-0.2, -0.15) is 0 Å². The van der Waals surface area contributed by atoms with Gasteiger partial charge in [-0.05, 0) is 56.3 Å². The van der Waals surface area contributed by atoms with E-state index in [1.807, 2.05) is 18.4 Å². The summed E-state index contributed by atoms with van der Waals surface area (Å²) in [7, 11) is 2.01. The minimum atomic E-state index is 0.282. The van der Waals surface area contributed by atoms with Gasteiger partial charge in [-0.3, -0.25) is 0 Å². The molecule has 0 fully saturated rings. The molecular weight excluding hydrogens is 294 g/mol. The van der Waals surface area contributed by atoms with E-state index in [2.05, 4.69) is 65.4 Å². The number of nitrogens with one attached hydrogen (secondary N) is 1. The van der Waals surface area contributed by atoms with E-state index in [1.54, 1.807) is 0 Å². The average molecular weight is 310 g/mol. The molecule has 1 heterocycles. The van der Waals surface area contributed by atoms with E-state index in [0.717, 1.165) is 4.47 Å². The number of thiophene rings is 1. The summed E-state index contributed by atoms with van der Waals surface area (Å²) >= 11 is 5.41. The Hall–Kier alpha value is -0.640. The van der Waals surface area contributed by atoms with Crippen molar-refractivity contribution in [1.29, 1.82) is 0 Å². The summed E-state index contributed by atoms with van der Waals surface area (Å²) in [5.74, 6) is 0. The van der Waals surface area contributed by atoms with Gasteiger partial charge in [-0.25, -0.2) is 0 Å². The van der Waals surface area contributed by atoms with Crippen molar-refractivity contribution in [3.05, 3.63) is 55.7 Å². The molecule has 0 spiro atoms. The van der Waals surface area contributed by atoms with Gasteiger partial charge in [0.1, 0.15) is 0 Å². The maximum Gasteiger partial charge on any atom is 0.0669 e. The van der Waals surface area contributed by atoms with Crippen LogP contribution >= 0.6 is 27.3 Å². The van der Waals surface area contributed by atoms with Gasteiger partial charge >= 0.3 is 0 Å². The van der Waals surface area contributed by atoms with E-state index in [1.165, 1.54) is 20.9 Å². The number of halogens is 1. The van der Waals surface area contributed by atoms with Gasteiger partial charge in [0.2, 0.25) is 0 Å². The monoisotopic (exact) mass is 309 g/mol. The first kappa shape index (κ1) is 12.8.